The third-order valence-electron chi connectivity index (χ3n) is 28.1. The fourth-order valence-electron chi connectivity index (χ4n) is 19.1. The normalized spacial score (nSPS) is 11.3. The zero-order valence-electron chi connectivity index (χ0n) is 92.4. The number of aryl methyl sites for hydroxylation is 6. The highest BCUT2D eigenvalue weighted by Gasteiger charge is 2.30. The zero-order chi connectivity index (χ0) is 107. The van der Waals surface area contributed by atoms with Crippen molar-refractivity contribution in [2.75, 3.05) is 46.2 Å². The Kier molecular flexibility index (Phi) is 54.2. The second-order valence-electron chi connectivity index (χ2n) is 40.7. The molecule has 150 heavy (non-hydrogen) atoms. The van der Waals surface area contributed by atoms with Gasteiger partial charge in [0.2, 0.25) is 0 Å². The van der Waals surface area contributed by atoms with Gasteiger partial charge in [-0.05, 0) is 298 Å². The van der Waals surface area contributed by atoms with E-state index in [0.29, 0.717) is 146 Å². The van der Waals surface area contributed by atoms with Crippen LogP contribution in [0.15, 0.2) is 158 Å². The van der Waals surface area contributed by atoms with E-state index in [4.69, 9.17) is 61.6 Å². The van der Waals surface area contributed by atoms with Gasteiger partial charge in [0.15, 0.2) is 34.5 Å². The van der Waals surface area contributed by atoms with Gasteiger partial charge >= 0.3 is 41.8 Å². The van der Waals surface area contributed by atoms with Crippen molar-refractivity contribution in [1.29, 1.82) is 0 Å². The third-order valence-corrected chi connectivity index (χ3v) is 28.1. The average Bonchev–Trinajstić information content (AvgIpc) is 0.719. The van der Waals surface area contributed by atoms with Crippen LogP contribution >= 0.6 is 0 Å². The minimum Gasteiger partial charge on any atom is -0.494 e. The number of hydrogen-bond donors (Lipinski definition) is 0. The van der Waals surface area contributed by atoms with E-state index < -0.39 is 41.8 Å². The summed E-state index contributed by atoms with van der Waals surface area (Å²) in [6.45, 7) is 28.7. The summed E-state index contributed by atoms with van der Waals surface area (Å²) in [5.41, 5.74) is 4.38. The maximum atomic E-state index is 15.5. The monoisotopic (exact) mass is 2050 g/mol. The molecule has 0 atom stereocenters. The molecule has 0 fully saturated rings. The highest BCUT2D eigenvalue weighted by molar-refractivity contribution is 6.27. The van der Waals surface area contributed by atoms with Crippen LogP contribution in [0.1, 0.15) is 445 Å². The van der Waals surface area contributed by atoms with E-state index in [1.165, 1.54) is 167 Å². The van der Waals surface area contributed by atoms with E-state index in [0.717, 1.165) is 154 Å². The Morgan fingerprint density at radius 3 is 0.473 bits per heavy atom. The maximum Gasteiger partial charge on any atom is 0.343 e. The van der Waals surface area contributed by atoms with Crippen molar-refractivity contribution in [1.82, 2.24) is 0 Å². The number of carbonyl (C=O) groups is 7. The minimum atomic E-state index is -0.816. The van der Waals surface area contributed by atoms with Crippen LogP contribution < -0.4 is 56.8 Å². The number of carbonyl (C=O) groups excluding carboxylic acids is 7. The molecule has 0 aliphatic rings. The van der Waals surface area contributed by atoms with Crippen molar-refractivity contribution < 1.29 is 95.1 Å². The van der Waals surface area contributed by atoms with Crippen molar-refractivity contribution in [3.8, 4) is 69.0 Å². The number of fused-ring (bicyclic) bond motifs is 6. The third kappa shape index (κ3) is 40.5. The molecule has 812 valence electrons. The lowest BCUT2D eigenvalue weighted by Gasteiger charge is -2.20. The van der Waals surface area contributed by atoms with Gasteiger partial charge in [-0.3, -0.25) is 0 Å². The van der Waals surface area contributed by atoms with E-state index >= 15 is 28.8 Å². The Balaban J connectivity index is 1.12. The highest BCUT2D eigenvalue weighted by atomic mass is 16.6. The smallest absolute Gasteiger partial charge is 0.343 e. The summed E-state index contributed by atoms with van der Waals surface area (Å²) in [5.74, 6) is -3.07. The molecule has 0 bridgehead atoms. The van der Waals surface area contributed by atoms with E-state index in [-0.39, 0.29) is 67.9 Å². The van der Waals surface area contributed by atoms with Crippen LogP contribution in [0.5, 0.6) is 69.0 Å². The molecule has 0 saturated carbocycles. The molecule has 10 rings (SSSR count). The Labute approximate surface area is 894 Å². The molecule has 0 amide bonds. The SMILES string of the molecule is C=CC(=O)OCCCCCCCCCCCOc1ccc(C(=O)Oc2cc3c4cc(OC(=O)c5ccc(OCCCCCCCCCC)cc5C)c(OC(=O)c5ccc(OCCCCCCCCCC)cc5C)cc4c4cc(OC(=O)c5ccc(OCCCCCCCCCC)cc5C)c(OC(=O)c5ccc(OCCCCCCCCCC)cc5C)cc4c3cc2OC(=O)c2ccc(OCCCCCCCCCC)cc2C)c(C)c1. The van der Waals surface area contributed by atoms with Gasteiger partial charge in [0.25, 0.3) is 0 Å². The lowest BCUT2D eigenvalue weighted by Crippen LogP contribution is -2.15. The van der Waals surface area contributed by atoms with Crippen LogP contribution in [-0.4, -0.2) is 88.0 Å². The first-order valence-corrected chi connectivity index (χ1v) is 57.2. The fourth-order valence-corrected chi connectivity index (χ4v) is 19.1. The van der Waals surface area contributed by atoms with Crippen molar-refractivity contribution in [2.24, 2.45) is 0 Å². The molecule has 0 saturated heterocycles. The van der Waals surface area contributed by atoms with Crippen molar-refractivity contribution in [3.05, 3.63) is 225 Å². The molecule has 20 nitrogen and oxygen atoms in total. The highest BCUT2D eigenvalue weighted by Crippen LogP contribution is 2.49. The Morgan fingerprint density at radius 2 is 0.333 bits per heavy atom. The first kappa shape index (κ1) is 120. The first-order valence-electron chi connectivity index (χ1n) is 57.2. The summed E-state index contributed by atoms with van der Waals surface area (Å²) in [7, 11) is 0. The topological polar surface area (TPSA) is 239 Å². The second kappa shape index (κ2) is 67.9. The number of benzene rings is 10. The van der Waals surface area contributed by atoms with Gasteiger partial charge in [-0.1, -0.05) is 311 Å². The summed E-state index contributed by atoms with van der Waals surface area (Å²) in [6, 6.07) is 40.5. The summed E-state index contributed by atoms with van der Waals surface area (Å²) in [5, 5.41) is 1.75. The maximum absolute atomic E-state index is 15.5. The van der Waals surface area contributed by atoms with Gasteiger partial charge in [-0.2, -0.15) is 0 Å². The summed E-state index contributed by atoms with van der Waals surface area (Å²) in [4.78, 5) is 104. The standard InChI is InChI=1S/C130H172O20/c1-13-19-24-29-34-42-49-56-75-138-100-63-69-106(94(7)82-100)125(132)145-118-88-112-113-89-119(146-126(133)107-70-64-101(83-95(107)8)139-76-57-50-43-35-30-25-20-14-2)121(148-128(135)109-72-66-103(85-97(109)10)141-78-59-52-45-37-32-27-22-16-4)91-115(113)117-93-123(150-130(137)111-74-68-105(87-99(111)12)143-80-61-54-47-40-39-41-48-55-62-81-144-124(131)18-6)122(149-129(136)110-73-67-104(86-98(110)11)142-79-60-53-46-38-33-28-23-17-5)92-116(117)114(112)90-120(118)147-127(134)108-71-65-102(84-96(108)9)140-77-58-51-44-36-31-26-21-15-3/h18,63-74,82-93H,6,13-17,19-62,75-81H2,1-5,7-12H3. The van der Waals surface area contributed by atoms with E-state index in [2.05, 4.69) is 41.2 Å². The molecule has 20 heteroatoms. The van der Waals surface area contributed by atoms with Gasteiger partial charge in [0, 0.05) is 6.08 Å². The van der Waals surface area contributed by atoms with Crippen molar-refractivity contribution >= 4 is 74.1 Å². The molecule has 0 heterocycles. The minimum absolute atomic E-state index is 0.174. The fraction of sp³-hybridized carbons (Fsp3) is 0.515. The van der Waals surface area contributed by atoms with Crippen LogP contribution in [0.3, 0.4) is 0 Å². The van der Waals surface area contributed by atoms with E-state index in [1.54, 1.807) is 187 Å². The zero-order valence-corrected chi connectivity index (χ0v) is 92.4. The van der Waals surface area contributed by atoms with Gasteiger partial charge in [0.1, 0.15) is 34.5 Å². The molecule has 0 aromatic heterocycles. The lowest BCUT2D eigenvalue weighted by molar-refractivity contribution is -0.137. The molecular formula is C130H172O20. The van der Waals surface area contributed by atoms with Gasteiger partial charge in [-0.15, -0.1) is 0 Å². The van der Waals surface area contributed by atoms with Crippen LogP contribution in [0, 0.1) is 41.5 Å². The van der Waals surface area contributed by atoms with Gasteiger partial charge in [0.05, 0.1) is 79.6 Å². The number of hydrogen-bond acceptors (Lipinski definition) is 20. The van der Waals surface area contributed by atoms with Crippen LogP contribution in [0.4, 0.5) is 0 Å². The van der Waals surface area contributed by atoms with Crippen molar-refractivity contribution in [3.63, 3.8) is 0 Å². The summed E-state index contributed by atoms with van der Waals surface area (Å²) < 4.78 is 83.0. The summed E-state index contributed by atoms with van der Waals surface area (Å²) >= 11 is 0. The second-order valence-corrected chi connectivity index (χ2v) is 40.7. The van der Waals surface area contributed by atoms with Gasteiger partial charge in [-0.25, -0.2) is 33.6 Å². The molecular weight excluding hydrogens is 1880 g/mol. The molecule has 0 aliphatic carbocycles. The van der Waals surface area contributed by atoms with Crippen LogP contribution in [0.25, 0.3) is 32.3 Å². The molecule has 0 aliphatic heterocycles. The number of rotatable bonds is 76. The Hall–Kier alpha value is -12.2. The van der Waals surface area contributed by atoms with E-state index in [1.807, 2.05) is 0 Å². The Bertz CT molecular complexity index is 5120. The molecule has 0 unspecified atom stereocenters. The molecule has 0 spiro atoms. The molecule has 0 N–H and O–H groups in total. The molecule has 10 aromatic rings. The lowest BCUT2D eigenvalue weighted by atomic mass is 9.93. The number of unbranched alkanes of at least 4 members (excludes halogenated alkanes) is 43. The average molecular weight is 2050 g/mol. The molecule has 10 aromatic carbocycles. The van der Waals surface area contributed by atoms with Crippen LogP contribution in [0.2, 0.25) is 0 Å². The van der Waals surface area contributed by atoms with Crippen LogP contribution in [-0.2, 0) is 9.53 Å². The first-order chi connectivity index (χ1) is 73.1. The van der Waals surface area contributed by atoms with Crippen molar-refractivity contribution in [2.45, 2.75) is 391 Å². The predicted octanol–water partition coefficient (Wildman–Crippen LogP) is 35.5. The summed E-state index contributed by atoms with van der Waals surface area (Å²) in [6.07, 6.45) is 55.7. The Morgan fingerprint density at radius 1 is 0.193 bits per heavy atom. The number of esters is 7. The van der Waals surface area contributed by atoms with Gasteiger partial charge < -0.3 is 61.6 Å². The molecule has 0 radical (unpaired) electrons. The van der Waals surface area contributed by atoms with E-state index in [9.17, 15) is 4.79 Å². The number of ether oxygens (including phenoxy) is 13. The quantitative estimate of drug-likeness (QED) is 0.0113. The largest absolute Gasteiger partial charge is 0.494 e. The predicted molar refractivity (Wildman–Crippen MR) is 605 cm³/mol.